The first-order valence-electron chi connectivity index (χ1n) is 7.42. The molecular weight excluding hydrogens is 342 g/mol. The molecule has 3 heterocycles. The topological polar surface area (TPSA) is 96.7 Å². The van der Waals surface area contributed by atoms with Crippen LogP contribution in [-0.2, 0) is 0 Å². The number of hydrogen-bond donors (Lipinski definition) is 2. The van der Waals surface area contributed by atoms with Gasteiger partial charge in [-0.25, -0.2) is 15.0 Å². The van der Waals surface area contributed by atoms with E-state index in [2.05, 4.69) is 25.3 Å². The molecule has 0 aliphatic heterocycles. The first kappa shape index (κ1) is 15.3. The van der Waals surface area contributed by atoms with Gasteiger partial charge in [0.25, 0.3) is 5.91 Å². The second kappa shape index (κ2) is 6.03. The zero-order chi connectivity index (χ0) is 17.4. The van der Waals surface area contributed by atoms with Crippen molar-refractivity contribution in [2.75, 3.05) is 5.32 Å². The average molecular weight is 354 g/mol. The van der Waals surface area contributed by atoms with Gasteiger partial charge in [0.15, 0.2) is 12.0 Å². The highest BCUT2D eigenvalue weighted by Gasteiger charge is 2.14. The van der Waals surface area contributed by atoms with E-state index in [9.17, 15) is 4.79 Å². The highest BCUT2D eigenvalue weighted by Crippen LogP contribution is 2.30. The Morgan fingerprint density at radius 3 is 2.96 bits per heavy atom. The highest BCUT2D eigenvalue weighted by molar-refractivity contribution is 6.33. The minimum atomic E-state index is -0.396. The van der Waals surface area contributed by atoms with E-state index in [1.54, 1.807) is 24.4 Å². The van der Waals surface area contributed by atoms with Crippen molar-refractivity contribution >= 4 is 34.4 Å². The van der Waals surface area contributed by atoms with Crippen LogP contribution >= 0.6 is 11.6 Å². The van der Waals surface area contributed by atoms with Crippen LogP contribution in [0.1, 0.15) is 16.1 Å². The summed E-state index contributed by atoms with van der Waals surface area (Å²) in [6.45, 7) is 1.96. The van der Waals surface area contributed by atoms with Crippen molar-refractivity contribution < 1.29 is 9.21 Å². The molecule has 25 heavy (non-hydrogen) atoms. The van der Waals surface area contributed by atoms with Crippen molar-refractivity contribution in [3.63, 3.8) is 0 Å². The Hall–Kier alpha value is -3.19. The third kappa shape index (κ3) is 2.97. The molecular formula is C17H12ClN5O2. The van der Waals surface area contributed by atoms with Gasteiger partial charge < -0.3 is 14.7 Å². The molecule has 0 spiro atoms. The summed E-state index contributed by atoms with van der Waals surface area (Å²) >= 11 is 6.30. The van der Waals surface area contributed by atoms with Gasteiger partial charge in [0.2, 0.25) is 5.76 Å². The predicted octanol–water partition coefficient (Wildman–Crippen LogP) is 3.83. The molecule has 0 atom stereocenters. The maximum Gasteiger partial charge on any atom is 0.293 e. The van der Waals surface area contributed by atoms with Gasteiger partial charge in [0.1, 0.15) is 5.82 Å². The molecule has 0 unspecified atom stereocenters. The summed E-state index contributed by atoms with van der Waals surface area (Å²) in [5.41, 5.74) is 3.68. The van der Waals surface area contributed by atoms with Crippen LogP contribution in [0.25, 0.3) is 22.6 Å². The maximum absolute atomic E-state index is 12.1. The number of aryl methyl sites for hydroxylation is 1. The molecule has 7 nitrogen and oxygen atoms in total. The van der Waals surface area contributed by atoms with Crippen molar-refractivity contribution in [1.29, 1.82) is 0 Å². The molecule has 4 aromatic rings. The van der Waals surface area contributed by atoms with Gasteiger partial charge in [-0.05, 0) is 36.8 Å². The predicted molar refractivity (Wildman–Crippen MR) is 93.5 cm³/mol. The number of rotatable bonds is 3. The summed E-state index contributed by atoms with van der Waals surface area (Å²) in [5.74, 6) is 0.307. The zero-order valence-electron chi connectivity index (χ0n) is 13.1. The lowest BCUT2D eigenvalue weighted by Gasteiger charge is -2.06. The highest BCUT2D eigenvalue weighted by atomic mass is 35.5. The van der Waals surface area contributed by atoms with Crippen molar-refractivity contribution in [2.24, 2.45) is 0 Å². The van der Waals surface area contributed by atoms with E-state index >= 15 is 0 Å². The molecule has 0 aliphatic rings. The standard InChI is InChI=1S/C17H12ClN5O2/c1-9-4-13-16(20-6-9)23-15(22-13)11-5-10(2-3-12(11)18)21-17(24)14-7-19-8-25-14/h2-8H,1H3,(H,21,24)(H,20,22,23). The molecule has 0 aliphatic carbocycles. The summed E-state index contributed by atoms with van der Waals surface area (Å²) in [4.78, 5) is 27.8. The normalized spacial score (nSPS) is 11.0. The van der Waals surface area contributed by atoms with Crippen LogP contribution in [0.4, 0.5) is 5.69 Å². The quantitative estimate of drug-likeness (QED) is 0.583. The third-order valence-corrected chi connectivity index (χ3v) is 3.94. The number of aromatic nitrogens is 4. The lowest BCUT2D eigenvalue weighted by Crippen LogP contribution is -2.10. The average Bonchev–Trinajstić information content (AvgIpc) is 3.25. The molecule has 8 heteroatoms. The fraction of sp³-hybridized carbons (Fsp3) is 0.0588. The number of oxazole rings is 1. The van der Waals surface area contributed by atoms with E-state index in [1.807, 2.05) is 13.0 Å². The van der Waals surface area contributed by atoms with Crippen LogP contribution in [0.2, 0.25) is 5.02 Å². The molecule has 0 radical (unpaired) electrons. The van der Waals surface area contributed by atoms with Crippen LogP contribution in [-0.4, -0.2) is 25.8 Å². The summed E-state index contributed by atoms with van der Waals surface area (Å²) in [5, 5.41) is 3.24. The molecule has 0 saturated heterocycles. The third-order valence-electron chi connectivity index (χ3n) is 3.61. The van der Waals surface area contributed by atoms with E-state index in [4.69, 9.17) is 16.0 Å². The van der Waals surface area contributed by atoms with Crippen LogP contribution in [0, 0.1) is 6.92 Å². The Morgan fingerprint density at radius 1 is 1.28 bits per heavy atom. The summed E-state index contributed by atoms with van der Waals surface area (Å²) < 4.78 is 4.98. The SMILES string of the molecule is Cc1cnc2nc(-c3cc(NC(=O)c4cnco4)ccc3Cl)[nH]c2c1. The number of halogens is 1. The van der Waals surface area contributed by atoms with Crippen LogP contribution in [0.15, 0.2) is 47.5 Å². The Balaban J connectivity index is 1.70. The second-order valence-electron chi connectivity index (χ2n) is 5.48. The van der Waals surface area contributed by atoms with Gasteiger partial charge in [0.05, 0.1) is 16.7 Å². The molecule has 1 amide bonds. The number of aromatic amines is 1. The lowest BCUT2D eigenvalue weighted by molar-refractivity contribution is 0.0996. The largest absolute Gasteiger partial charge is 0.438 e. The molecule has 0 saturated carbocycles. The zero-order valence-corrected chi connectivity index (χ0v) is 13.8. The van der Waals surface area contributed by atoms with Gasteiger partial charge in [0, 0.05) is 17.4 Å². The van der Waals surface area contributed by atoms with Crippen LogP contribution < -0.4 is 5.32 Å². The number of pyridine rings is 1. The summed E-state index contributed by atoms with van der Waals surface area (Å²) in [6.07, 6.45) is 4.30. The fourth-order valence-corrected chi connectivity index (χ4v) is 2.64. The minimum Gasteiger partial charge on any atom is -0.438 e. The van der Waals surface area contributed by atoms with Gasteiger partial charge in [-0.1, -0.05) is 11.6 Å². The van der Waals surface area contributed by atoms with E-state index in [1.165, 1.54) is 12.6 Å². The lowest BCUT2D eigenvalue weighted by atomic mass is 10.2. The van der Waals surface area contributed by atoms with Crippen molar-refractivity contribution in [1.82, 2.24) is 19.9 Å². The van der Waals surface area contributed by atoms with Crippen LogP contribution in [0.5, 0.6) is 0 Å². The van der Waals surface area contributed by atoms with Gasteiger partial charge >= 0.3 is 0 Å². The van der Waals surface area contributed by atoms with Gasteiger partial charge in [-0.3, -0.25) is 4.79 Å². The van der Waals surface area contributed by atoms with E-state index < -0.39 is 5.91 Å². The molecule has 1 aromatic carbocycles. The van der Waals surface area contributed by atoms with Crippen molar-refractivity contribution in [3.8, 4) is 11.4 Å². The summed E-state index contributed by atoms with van der Waals surface area (Å²) in [6, 6.07) is 7.09. The Morgan fingerprint density at radius 2 is 2.16 bits per heavy atom. The maximum atomic E-state index is 12.1. The van der Waals surface area contributed by atoms with Crippen molar-refractivity contribution in [2.45, 2.75) is 6.92 Å². The van der Waals surface area contributed by atoms with E-state index in [0.717, 1.165) is 11.1 Å². The smallest absolute Gasteiger partial charge is 0.293 e. The second-order valence-corrected chi connectivity index (χ2v) is 5.89. The minimum absolute atomic E-state index is 0.125. The van der Waals surface area contributed by atoms with Gasteiger partial charge in [-0.2, -0.15) is 0 Å². The first-order valence-corrected chi connectivity index (χ1v) is 7.80. The monoisotopic (exact) mass is 353 g/mol. The number of anilines is 1. The van der Waals surface area contributed by atoms with Gasteiger partial charge in [-0.15, -0.1) is 0 Å². The number of nitrogens with one attached hydrogen (secondary N) is 2. The van der Waals surface area contributed by atoms with E-state index in [-0.39, 0.29) is 5.76 Å². The Labute approximate surface area is 147 Å². The molecule has 124 valence electrons. The molecule has 2 N–H and O–H groups in total. The molecule has 3 aromatic heterocycles. The molecule has 0 fully saturated rings. The first-order chi connectivity index (χ1) is 12.1. The number of imidazole rings is 1. The van der Waals surface area contributed by atoms with E-state index in [0.29, 0.717) is 27.7 Å². The Kier molecular flexibility index (Phi) is 3.70. The number of carbonyl (C=O) groups excluding carboxylic acids is 1. The number of amides is 1. The molecule has 0 bridgehead atoms. The number of nitrogens with zero attached hydrogens (tertiary/aromatic N) is 3. The fourth-order valence-electron chi connectivity index (χ4n) is 2.44. The van der Waals surface area contributed by atoms with Crippen LogP contribution in [0.3, 0.4) is 0 Å². The number of H-pyrrole nitrogens is 1. The Bertz CT molecular complexity index is 1070. The number of carbonyl (C=O) groups is 1. The summed E-state index contributed by atoms with van der Waals surface area (Å²) in [7, 11) is 0. The van der Waals surface area contributed by atoms with Crippen molar-refractivity contribution in [3.05, 3.63) is 59.4 Å². The number of fused-ring (bicyclic) bond motifs is 1. The number of benzene rings is 1. The number of hydrogen-bond acceptors (Lipinski definition) is 5. The molecule has 4 rings (SSSR count).